The molecule has 7 nitrogen and oxygen atoms in total. The fourth-order valence-corrected chi connectivity index (χ4v) is 2.36. The van der Waals surface area contributed by atoms with Crippen LogP contribution < -0.4 is 10.7 Å². The highest BCUT2D eigenvalue weighted by Crippen LogP contribution is 2.16. The van der Waals surface area contributed by atoms with Gasteiger partial charge in [0.2, 0.25) is 5.91 Å². The van der Waals surface area contributed by atoms with E-state index in [0.29, 0.717) is 0 Å². The van der Waals surface area contributed by atoms with E-state index in [4.69, 9.17) is 0 Å². The second-order valence-corrected chi connectivity index (χ2v) is 6.42. The summed E-state index contributed by atoms with van der Waals surface area (Å²) in [5, 5.41) is 6.50. The first-order valence-corrected chi connectivity index (χ1v) is 7.74. The van der Waals surface area contributed by atoms with Gasteiger partial charge in [-0.2, -0.15) is 5.10 Å². The van der Waals surface area contributed by atoms with E-state index in [1.807, 2.05) is 32.0 Å². The number of carbonyl (C=O) groups is 3. The van der Waals surface area contributed by atoms with Crippen molar-refractivity contribution in [2.45, 2.75) is 39.7 Å². The van der Waals surface area contributed by atoms with Gasteiger partial charge in [-0.15, -0.1) is 0 Å². The average molecular weight is 330 g/mol. The largest absolute Gasteiger partial charge is 0.325 e. The number of aryl methyl sites for hydroxylation is 2. The van der Waals surface area contributed by atoms with Gasteiger partial charge in [0.1, 0.15) is 5.54 Å². The van der Waals surface area contributed by atoms with Crippen LogP contribution in [0.3, 0.4) is 0 Å². The molecule has 1 fully saturated rings. The van der Waals surface area contributed by atoms with Crippen LogP contribution in [0.15, 0.2) is 23.3 Å². The maximum absolute atomic E-state index is 12.0. The highest BCUT2D eigenvalue weighted by atomic mass is 16.2. The van der Waals surface area contributed by atoms with E-state index in [9.17, 15) is 14.4 Å². The fourth-order valence-electron chi connectivity index (χ4n) is 2.36. The molecular formula is C17H22N4O3. The lowest BCUT2D eigenvalue weighted by Crippen LogP contribution is -2.40. The molecule has 1 aromatic rings. The third-order valence-corrected chi connectivity index (χ3v) is 3.83. The Morgan fingerprint density at radius 3 is 2.67 bits per heavy atom. The molecule has 2 N–H and O–H groups in total. The van der Waals surface area contributed by atoms with Gasteiger partial charge < -0.3 is 5.32 Å². The highest BCUT2D eigenvalue weighted by Gasteiger charge is 2.43. The Balaban J connectivity index is 1.86. The van der Waals surface area contributed by atoms with Crippen LogP contribution in [0.1, 0.15) is 37.0 Å². The van der Waals surface area contributed by atoms with Crippen LogP contribution in [0.5, 0.6) is 0 Å². The maximum Gasteiger partial charge on any atom is 0.325 e. The lowest BCUT2D eigenvalue weighted by atomic mass is 10.1. The summed E-state index contributed by atoms with van der Waals surface area (Å²) < 4.78 is 0. The number of hydrazone groups is 1. The Bertz CT molecular complexity index is 710. The quantitative estimate of drug-likeness (QED) is 0.487. The molecule has 2 rings (SSSR count). The summed E-state index contributed by atoms with van der Waals surface area (Å²) in [5.74, 6) is -0.693. The topological polar surface area (TPSA) is 90.9 Å². The van der Waals surface area contributed by atoms with Gasteiger partial charge in [-0.3, -0.25) is 14.5 Å². The number of imide groups is 1. The number of rotatable bonds is 5. The van der Waals surface area contributed by atoms with Crippen molar-refractivity contribution < 1.29 is 14.4 Å². The van der Waals surface area contributed by atoms with Crippen LogP contribution in [0.25, 0.3) is 0 Å². The molecule has 0 bridgehead atoms. The predicted octanol–water partition coefficient (Wildman–Crippen LogP) is 1.47. The van der Waals surface area contributed by atoms with Gasteiger partial charge in [0.15, 0.2) is 0 Å². The van der Waals surface area contributed by atoms with E-state index in [2.05, 4.69) is 15.8 Å². The zero-order chi connectivity index (χ0) is 17.9. The normalized spacial score (nSPS) is 16.6. The summed E-state index contributed by atoms with van der Waals surface area (Å²) in [7, 11) is 0. The third kappa shape index (κ3) is 3.98. The van der Waals surface area contributed by atoms with Gasteiger partial charge >= 0.3 is 6.03 Å². The van der Waals surface area contributed by atoms with Crippen molar-refractivity contribution in [1.82, 2.24) is 15.6 Å². The standard InChI is InChI=1S/C17H22N4O3/c1-11-5-6-12(2)13(9-11)10-18-20-14(22)7-8-21-15(23)17(3,4)19-16(21)24/h5-6,9-10H,7-8H2,1-4H3,(H,19,24)(H,20,22)/b18-10-. The third-order valence-electron chi connectivity index (χ3n) is 3.83. The van der Waals surface area contributed by atoms with Crippen molar-refractivity contribution in [3.63, 3.8) is 0 Å². The molecule has 0 saturated carbocycles. The minimum atomic E-state index is -0.922. The molecule has 0 aliphatic carbocycles. The van der Waals surface area contributed by atoms with Crippen LogP contribution in [-0.4, -0.2) is 41.0 Å². The van der Waals surface area contributed by atoms with Crippen LogP contribution in [0.4, 0.5) is 4.79 Å². The molecule has 1 saturated heterocycles. The van der Waals surface area contributed by atoms with E-state index in [-0.39, 0.29) is 24.8 Å². The summed E-state index contributed by atoms with van der Waals surface area (Å²) in [6, 6.07) is 5.49. The van der Waals surface area contributed by atoms with Crippen molar-refractivity contribution in [3.05, 3.63) is 34.9 Å². The Morgan fingerprint density at radius 1 is 1.33 bits per heavy atom. The molecule has 128 valence electrons. The van der Waals surface area contributed by atoms with Crippen LogP contribution >= 0.6 is 0 Å². The zero-order valence-corrected chi connectivity index (χ0v) is 14.3. The molecule has 0 unspecified atom stereocenters. The summed E-state index contributed by atoms with van der Waals surface area (Å²) in [6.07, 6.45) is 1.58. The number of urea groups is 1. The SMILES string of the molecule is Cc1ccc(C)c(/C=N\NC(=O)CCN2C(=O)NC(C)(C)C2=O)c1. The van der Waals surface area contributed by atoms with E-state index in [0.717, 1.165) is 21.6 Å². The minimum Gasteiger partial charge on any atom is -0.324 e. The van der Waals surface area contributed by atoms with Crippen molar-refractivity contribution in [3.8, 4) is 0 Å². The smallest absolute Gasteiger partial charge is 0.324 e. The van der Waals surface area contributed by atoms with E-state index in [1.165, 1.54) is 0 Å². The van der Waals surface area contributed by atoms with E-state index in [1.54, 1.807) is 20.1 Å². The number of hydrogen-bond acceptors (Lipinski definition) is 4. The minimum absolute atomic E-state index is 0.000615. The number of nitrogens with one attached hydrogen (secondary N) is 2. The lowest BCUT2D eigenvalue weighted by molar-refractivity contribution is -0.130. The molecular weight excluding hydrogens is 308 g/mol. The molecule has 0 spiro atoms. The van der Waals surface area contributed by atoms with Gasteiger partial charge in [-0.25, -0.2) is 10.2 Å². The number of benzene rings is 1. The number of carbonyl (C=O) groups excluding carboxylic acids is 3. The van der Waals surface area contributed by atoms with Crippen molar-refractivity contribution in [2.24, 2.45) is 5.10 Å². The summed E-state index contributed by atoms with van der Waals surface area (Å²) in [6.45, 7) is 7.22. The molecule has 0 atom stereocenters. The second-order valence-electron chi connectivity index (χ2n) is 6.42. The fraction of sp³-hybridized carbons (Fsp3) is 0.412. The molecule has 4 amide bonds. The molecule has 1 heterocycles. The molecule has 24 heavy (non-hydrogen) atoms. The van der Waals surface area contributed by atoms with Gasteiger partial charge in [-0.1, -0.05) is 23.8 Å². The van der Waals surface area contributed by atoms with Crippen LogP contribution in [-0.2, 0) is 9.59 Å². The number of nitrogens with zero attached hydrogens (tertiary/aromatic N) is 2. The molecule has 0 radical (unpaired) electrons. The predicted molar refractivity (Wildman–Crippen MR) is 90.6 cm³/mol. The lowest BCUT2D eigenvalue weighted by Gasteiger charge is -2.15. The highest BCUT2D eigenvalue weighted by molar-refractivity contribution is 6.06. The molecule has 1 aliphatic rings. The van der Waals surface area contributed by atoms with Crippen molar-refractivity contribution in [1.29, 1.82) is 0 Å². The zero-order valence-electron chi connectivity index (χ0n) is 14.3. The van der Waals surface area contributed by atoms with Gasteiger partial charge in [0.05, 0.1) is 6.21 Å². The first-order valence-electron chi connectivity index (χ1n) is 7.74. The first-order chi connectivity index (χ1) is 11.2. The van der Waals surface area contributed by atoms with Crippen LogP contribution in [0.2, 0.25) is 0 Å². The molecule has 1 aromatic carbocycles. The molecule has 1 aliphatic heterocycles. The van der Waals surface area contributed by atoms with Crippen LogP contribution in [0, 0.1) is 13.8 Å². The number of hydrogen-bond donors (Lipinski definition) is 2. The monoisotopic (exact) mass is 330 g/mol. The van der Waals surface area contributed by atoms with E-state index >= 15 is 0 Å². The Labute approximate surface area is 141 Å². The van der Waals surface area contributed by atoms with Crippen molar-refractivity contribution in [2.75, 3.05) is 6.54 Å². The van der Waals surface area contributed by atoms with Gasteiger partial charge in [0.25, 0.3) is 5.91 Å². The summed E-state index contributed by atoms with van der Waals surface area (Å²) in [5.41, 5.74) is 4.57. The maximum atomic E-state index is 12.0. The Morgan fingerprint density at radius 2 is 2.04 bits per heavy atom. The summed E-state index contributed by atoms with van der Waals surface area (Å²) in [4.78, 5) is 36.6. The number of amides is 4. The van der Waals surface area contributed by atoms with Gasteiger partial charge in [0, 0.05) is 13.0 Å². The summed E-state index contributed by atoms with van der Waals surface area (Å²) >= 11 is 0. The Hall–Kier alpha value is -2.70. The van der Waals surface area contributed by atoms with Crippen molar-refractivity contribution >= 4 is 24.1 Å². The average Bonchev–Trinajstić information content (AvgIpc) is 2.69. The Kier molecular flexibility index (Phi) is 5.02. The second kappa shape index (κ2) is 6.82. The molecule has 0 aromatic heterocycles. The van der Waals surface area contributed by atoms with Gasteiger partial charge in [-0.05, 0) is 38.8 Å². The first kappa shape index (κ1) is 17.7. The van der Waals surface area contributed by atoms with E-state index < -0.39 is 11.6 Å². The molecule has 7 heteroatoms.